The average Bonchev–Trinajstić information content (AvgIpc) is 3.29. The van der Waals surface area contributed by atoms with E-state index < -0.39 is 0 Å². The van der Waals surface area contributed by atoms with Gasteiger partial charge in [-0.1, -0.05) is 48.5 Å². The molecule has 0 aliphatic heterocycles. The lowest BCUT2D eigenvalue weighted by atomic mass is 10.0. The van der Waals surface area contributed by atoms with Crippen LogP contribution in [0.5, 0.6) is 0 Å². The molecule has 0 unspecified atom stereocenters. The van der Waals surface area contributed by atoms with Gasteiger partial charge < -0.3 is 5.32 Å². The molecular weight excluding hydrogens is 284 g/mol. The summed E-state index contributed by atoms with van der Waals surface area (Å²) in [5, 5.41) is 10.6. The van der Waals surface area contributed by atoms with Crippen molar-refractivity contribution in [1.29, 1.82) is 0 Å². The number of hydrogen-bond acceptors (Lipinski definition) is 3. The second kappa shape index (κ2) is 6.34. The van der Waals surface area contributed by atoms with Gasteiger partial charge in [0.15, 0.2) is 5.82 Å². The Hall–Kier alpha value is -2.46. The maximum atomic E-state index is 4.22. The molecule has 1 heterocycles. The average molecular weight is 304 g/mol. The Labute approximate surface area is 136 Å². The molecule has 1 fully saturated rings. The van der Waals surface area contributed by atoms with E-state index in [1.54, 1.807) is 6.33 Å². The highest BCUT2D eigenvalue weighted by Gasteiger charge is 2.31. The SMILES string of the molecule is c1ccc([C@@H](NCc2cccc(-c3ncn[nH]3)c2)C2CC2)cc1. The van der Waals surface area contributed by atoms with Crippen molar-refractivity contribution in [3.05, 3.63) is 72.1 Å². The van der Waals surface area contributed by atoms with Gasteiger partial charge in [0, 0.05) is 18.2 Å². The van der Waals surface area contributed by atoms with Crippen LogP contribution >= 0.6 is 0 Å². The summed E-state index contributed by atoms with van der Waals surface area (Å²) in [7, 11) is 0. The van der Waals surface area contributed by atoms with Gasteiger partial charge in [-0.15, -0.1) is 0 Å². The highest BCUT2D eigenvalue weighted by Crippen LogP contribution is 2.41. The molecule has 1 aliphatic carbocycles. The van der Waals surface area contributed by atoms with Crippen LogP contribution in [0, 0.1) is 5.92 Å². The van der Waals surface area contributed by atoms with E-state index in [0.29, 0.717) is 6.04 Å². The highest BCUT2D eigenvalue weighted by molar-refractivity contribution is 5.55. The van der Waals surface area contributed by atoms with Gasteiger partial charge in [0.1, 0.15) is 6.33 Å². The van der Waals surface area contributed by atoms with E-state index in [0.717, 1.165) is 23.9 Å². The predicted octanol–water partition coefficient (Wildman–Crippen LogP) is 3.71. The molecule has 0 bridgehead atoms. The van der Waals surface area contributed by atoms with Crippen molar-refractivity contribution < 1.29 is 0 Å². The second-order valence-electron chi connectivity index (χ2n) is 6.14. The van der Waals surface area contributed by atoms with Crippen LogP contribution in [0.4, 0.5) is 0 Å². The maximum absolute atomic E-state index is 4.22. The van der Waals surface area contributed by atoms with Gasteiger partial charge in [-0.25, -0.2) is 4.98 Å². The summed E-state index contributed by atoms with van der Waals surface area (Å²) >= 11 is 0. The van der Waals surface area contributed by atoms with Gasteiger partial charge >= 0.3 is 0 Å². The Morgan fingerprint density at radius 3 is 2.70 bits per heavy atom. The molecule has 1 saturated carbocycles. The number of rotatable bonds is 6. The first-order valence-electron chi connectivity index (χ1n) is 8.13. The van der Waals surface area contributed by atoms with Crippen molar-refractivity contribution in [3.63, 3.8) is 0 Å². The Balaban J connectivity index is 1.48. The van der Waals surface area contributed by atoms with E-state index >= 15 is 0 Å². The molecule has 1 aliphatic rings. The molecule has 0 saturated heterocycles. The largest absolute Gasteiger partial charge is 0.306 e. The van der Waals surface area contributed by atoms with E-state index in [9.17, 15) is 0 Å². The molecule has 1 atom stereocenters. The monoisotopic (exact) mass is 304 g/mol. The van der Waals surface area contributed by atoms with Crippen LogP contribution in [0.15, 0.2) is 60.9 Å². The van der Waals surface area contributed by atoms with Crippen LogP contribution in [-0.4, -0.2) is 15.2 Å². The van der Waals surface area contributed by atoms with Gasteiger partial charge in [0.05, 0.1) is 0 Å². The number of hydrogen-bond donors (Lipinski definition) is 2. The van der Waals surface area contributed by atoms with Crippen molar-refractivity contribution in [2.24, 2.45) is 5.92 Å². The molecule has 0 radical (unpaired) electrons. The summed E-state index contributed by atoms with van der Waals surface area (Å²) in [5.41, 5.74) is 3.73. The summed E-state index contributed by atoms with van der Waals surface area (Å²) in [4.78, 5) is 4.22. The molecule has 116 valence electrons. The summed E-state index contributed by atoms with van der Waals surface area (Å²) in [5.74, 6) is 1.59. The second-order valence-corrected chi connectivity index (χ2v) is 6.14. The third kappa shape index (κ3) is 3.32. The molecule has 0 spiro atoms. The Morgan fingerprint density at radius 2 is 1.96 bits per heavy atom. The van der Waals surface area contributed by atoms with Gasteiger partial charge in [-0.3, -0.25) is 5.10 Å². The smallest absolute Gasteiger partial charge is 0.155 e. The normalized spacial score (nSPS) is 15.5. The first-order chi connectivity index (χ1) is 11.4. The van der Waals surface area contributed by atoms with Crippen LogP contribution in [0.2, 0.25) is 0 Å². The number of aromatic nitrogens is 3. The van der Waals surface area contributed by atoms with E-state index in [4.69, 9.17) is 0 Å². The van der Waals surface area contributed by atoms with Crippen molar-refractivity contribution in [2.75, 3.05) is 0 Å². The van der Waals surface area contributed by atoms with Gasteiger partial charge in [-0.2, -0.15) is 5.10 Å². The summed E-state index contributed by atoms with van der Waals surface area (Å²) in [6.07, 6.45) is 4.19. The van der Waals surface area contributed by atoms with Crippen LogP contribution in [0.25, 0.3) is 11.4 Å². The molecule has 3 aromatic rings. The lowest BCUT2D eigenvalue weighted by Gasteiger charge is -2.19. The quantitative estimate of drug-likeness (QED) is 0.730. The topological polar surface area (TPSA) is 53.6 Å². The van der Waals surface area contributed by atoms with E-state index in [1.165, 1.54) is 24.0 Å². The lowest BCUT2D eigenvalue weighted by Crippen LogP contribution is -2.22. The fourth-order valence-corrected chi connectivity index (χ4v) is 3.05. The number of nitrogens with zero attached hydrogens (tertiary/aromatic N) is 2. The highest BCUT2D eigenvalue weighted by atomic mass is 15.2. The van der Waals surface area contributed by atoms with Crippen LogP contribution < -0.4 is 5.32 Å². The van der Waals surface area contributed by atoms with Crippen molar-refractivity contribution in [1.82, 2.24) is 20.5 Å². The number of aromatic amines is 1. The van der Waals surface area contributed by atoms with Crippen molar-refractivity contribution >= 4 is 0 Å². The van der Waals surface area contributed by atoms with Gasteiger partial charge in [-0.05, 0) is 36.0 Å². The minimum atomic E-state index is 0.449. The first-order valence-corrected chi connectivity index (χ1v) is 8.13. The van der Waals surface area contributed by atoms with Crippen molar-refractivity contribution in [2.45, 2.75) is 25.4 Å². The summed E-state index contributed by atoms with van der Waals surface area (Å²) in [6, 6.07) is 19.7. The molecule has 4 rings (SSSR count). The number of H-pyrrole nitrogens is 1. The van der Waals surface area contributed by atoms with E-state index in [1.807, 2.05) is 0 Å². The number of nitrogens with one attached hydrogen (secondary N) is 2. The molecule has 2 N–H and O–H groups in total. The molecular formula is C19H20N4. The van der Waals surface area contributed by atoms with Crippen LogP contribution in [0.3, 0.4) is 0 Å². The fraction of sp³-hybridized carbons (Fsp3) is 0.263. The standard InChI is InChI=1S/C19H20N4/c1-2-6-15(7-3-1)18(16-9-10-16)20-12-14-5-4-8-17(11-14)19-21-13-22-23-19/h1-8,11,13,16,18,20H,9-10,12H2,(H,21,22,23)/t18-/m1/s1. The van der Waals surface area contributed by atoms with Crippen LogP contribution in [-0.2, 0) is 6.54 Å². The predicted molar refractivity (Wildman–Crippen MR) is 90.6 cm³/mol. The maximum Gasteiger partial charge on any atom is 0.155 e. The zero-order chi connectivity index (χ0) is 15.5. The summed E-state index contributed by atoms with van der Waals surface area (Å²) in [6.45, 7) is 0.859. The van der Waals surface area contributed by atoms with Crippen molar-refractivity contribution in [3.8, 4) is 11.4 Å². The zero-order valence-corrected chi connectivity index (χ0v) is 12.9. The molecule has 0 amide bonds. The lowest BCUT2D eigenvalue weighted by molar-refractivity contribution is 0.480. The third-order valence-electron chi connectivity index (χ3n) is 4.39. The first kappa shape index (κ1) is 14.2. The Bertz CT molecular complexity index is 748. The molecule has 4 heteroatoms. The third-order valence-corrected chi connectivity index (χ3v) is 4.39. The fourth-order valence-electron chi connectivity index (χ4n) is 3.05. The van der Waals surface area contributed by atoms with E-state index in [2.05, 4.69) is 75.1 Å². The van der Waals surface area contributed by atoms with Gasteiger partial charge in [0.2, 0.25) is 0 Å². The molecule has 2 aromatic carbocycles. The number of benzene rings is 2. The molecule has 1 aromatic heterocycles. The van der Waals surface area contributed by atoms with E-state index in [-0.39, 0.29) is 0 Å². The summed E-state index contributed by atoms with van der Waals surface area (Å²) < 4.78 is 0. The Kier molecular flexibility index (Phi) is 3.90. The Morgan fingerprint density at radius 1 is 1.09 bits per heavy atom. The molecule has 23 heavy (non-hydrogen) atoms. The minimum absolute atomic E-state index is 0.449. The van der Waals surface area contributed by atoms with Crippen LogP contribution in [0.1, 0.15) is 30.0 Å². The van der Waals surface area contributed by atoms with Gasteiger partial charge in [0.25, 0.3) is 0 Å². The minimum Gasteiger partial charge on any atom is -0.306 e. The molecule has 4 nitrogen and oxygen atoms in total. The zero-order valence-electron chi connectivity index (χ0n) is 12.9.